The van der Waals surface area contributed by atoms with Crippen molar-refractivity contribution in [3.05, 3.63) is 77.3 Å². The number of fused-ring (bicyclic) bond motifs is 1. The highest BCUT2D eigenvalue weighted by Crippen LogP contribution is 2.29. The maximum atomic E-state index is 13.0. The number of nitrogens with one attached hydrogen (secondary N) is 2. The van der Waals surface area contributed by atoms with Crippen LogP contribution in [0.3, 0.4) is 0 Å². The molecule has 0 atom stereocenters. The summed E-state index contributed by atoms with van der Waals surface area (Å²) in [5.74, 6) is 0.249. The number of hydrogen-bond donors (Lipinski definition) is 2. The molecule has 0 unspecified atom stereocenters. The van der Waals surface area contributed by atoms with E-state index in [9.17, 15) is 13.2 Å². The molecule has 3 aromatic carbocycles. The summed E-state index contributed by atoms with van der Waals surface area (Å²) < 4.78 is 38.4. The van der Waals surface area contributed by atoms with Crippen molar-refractivity contribution in [1.29, 1.82) is 0 Å². The number of esters is 1. The average molecular weight is 499 g/mol. The second kappa shape index (κ2) is 9.54. The van der Waals surface area contributed by atoms with Crippen LogP contribution in [0, 0.1) is 0 Å². The average Bonchev–Trinajstić information content (AvgIpc) is 2.84. The van der Waals surface area contributed by atoms with E-state index in [1.54, 1.807) is 42.5 Å². The van der Waals surface area contributed by atoms with Gasteiger partial charge in [0.1, 0.15) is 5.75 Å². The lowest BCUT2D eigenvalue weighted by Crippen LogP contribution is -2.16. The molecule has 1 heterocycles. The van der Waals surface area contributed by atoms with Crippen LogP contribution < -0.4 is 14.8 Å². The second-order valence-corrected chi connectivity index (χ2v) is 9.15. The molecule has 0 aliphatic carbocycles. The first kappa shape index (κ1) is 23.3. The van der Waals surface area contributed by atoms with Crippen molar-refractivity contribution in [1.82, 2.24) is 9.97 Å². The number of hydrogen-bond acceptors (Lipinski definition) is 8. The van der Waals surface area contributed by atoms with Crippen molar-refractivity contribution in [2.45, 2.75) is 4.90 Å². The minimum absolute atomic E-state index is 0.00957. The molecule has 0 aliphatic heterocycles. The zero-order valence-electron chi connectivity index (χ0n) is 18.1. The van der Waals surface area contributed by atoms with Crippen LogP contribution >= 0.6 is 11.6 Å². The summed E-state index contributed by atoms with van der Waals surface area (Å²) in [5, 5.41) is 3.47. The smallest absolute Gasteiger partial charge is 0.337 e. The molecule has 0 spiro atoms. The Morgan fingerprint density at radius 2 is 1.56 bits per heavy atom. The van der Waals surface area contributed by atoms with Gasteiger partial charge in [0.05, 0.1) is 35.7 Å². The fraction of sp³-hybridized carbons (Fsp3) is 0.0870. The van der Waals surface area contributed by atoms with Gasteiger partial charge in [0.25, 0.3) is 10.0 Å². The van der Waals surface area contributed by atoms with Gasteiger partial charge in [-0.3, -0.25) is 4.72 Å². The fourth-order valence-corrected chi connectivity index (χ4v) is 4.20. The summed E-state index contributed by atoms with van der Waals surface area (Å²) in [5.41, 5.74) is 1.87. The second-order valence-electron chi connectivity index (χ2n) is 7.03. The van der Waals surface area contributed by atoms with Gasteiger partial charge in [-0.25, -0.2) is 23.2 Å². The molecule has 4 rings (SSSR count). The zero-order valence-corrected chi connectivity index (χ0v) is 19.6. The molecule has 0 fully saturated rings. The van der Waals surface area contributed by atoms with Crippen LogP contribution in [0.4, 0.5) is 17.3 Å². The lowest BCUT2D eigenvalue weighted by molar-refractivity contribution is 0.0600. The maximum absolute atomic E-state index is 13.0. The molecule has 9 nitrogen and oxygen atoms in total. The van der Waals surface area contributed by atoms with E-state index >= 15 is 0 Å². The predicted molar refractivity (Wildman–Crippen MR) is 129 cm³/mol. The summed E-state index contributed by atoms with van der Waals surface area (Å²) in [4.78, 5) is 20.7. The SMILES string of the molecule is COC(=O)c1ccc(Nc2nc3cc(OC)ccc3nc2NS(=O)(=O)c2ccc(Cl)cc2)cc1. The van der Waals surface area contributed by atoms with E-state index in [1.165, 1.54) is 38.5 Å². The van der Waals surface area contributed by atoms with Crippen molar-refractivity contribution in [3.8, 4) is 5.75 Å². The minimum Gasteiger partial charge on any atom is -0.497 e. The Labute approximate surface area is 200 Å². The Morgan fingerprint density at radius 1 is 0.882 bits per heavy atom. The Hall–Kier alpha value is -3.89. The Morgan fingerprint density at radius 3 is 2.21 bits per heavy atom. The fourth-order valence-electron chi connectivity index (χ4n) is 3.06. The Bertz CT molecular complexity index is 1460. The van der Waals surface area contributed by atoms with Crippen molar-refractivity contribution < 1.29 is 22.7 Å². The van der Waals surface area contributed by atoms with Gasteiger partial charge < -0.3 is 14.8 Å². The van der Waals surface area contributed by atoms with Gasteiger partial charge in [-0.1, -0.05) is 11.6 Å². The summed E-state index contributed by atoms with van der Waals surface area (Å²) >= 11 is 5.88. The van der Waals surface area contributed by atoms with Crippen LogP contribution in [0.1, 0.15) is 10.4 Å². The normalized spacial score (nSPS) is 11.1. The molecular formula is C23H19ClN4O5S. The number of nitrogens with zero attached hydrogens (tertiary/aromatic N) is 2. The molecule has 0 aliphatic rings. The number of rotatable bonds is 7. The lowest BCUT2D eigenvalue weighted by atomic mass is 10.2. The molecule has 0 radical (unpaired) electrons. The first-order chi connectivity index (χ1) is 16.3. The molecule has 4 aromatic rings. The third kappa shape index (κ3) is 5.03. The molecule has 0 saturated carbocycles. The van der Waals surface area contributed by atoms with Crippen molar-refractivity contribution in [3.63, 3.8) is 0 Å². The van der Waals surface area contributed by atoms with E-state index in [0.29, 0.717) is 33.1 Å². The predicted octanol–water partition coefficient (Wildman–Crippen LogP) is 4.62. The van der Waals surface area contributed by atoms with Gasteiger partial charge in [-0.2, -0.15) is 0 Å². The molecule has 174 valence electrons. The maximum Gasteiger partial charge on any atom is 0.337 e. The molecule has 1 aromatic heterocycles. The van der Waals surface area contributed by atoms with Crippen molar-refractivity contribution >= 4 is 56.0 Å². The van der Waals surface area contributed by atoms with Crippen LogP contribution in [0.5, 0.6) is 5.75 Å². The van der Waals surface area contributed by atoms with Crippen molar-refractivity contribution in [2.24, 2.45) is 0 Å². The van der Waals surface area contributed by atoms with Crippen molar-refractivity contribution in [2.75, 3.05) is 24.3 Å². The molecule has 2 N–H and O–H groups in total. The van der Waals surface area contributed by atoms with Gasteiger partial charge in [0, 0.05) is 16.8 Å². The number of aromatic nitrogens is 2. The summed E-state index contributed by atoms with van der Waals surface area (Å²) in [7, 11) is -1.15. The van der Waals surface area contributed by atoms with Gasteiger partial charge in [0.2, 0.25) is 0 Å². The third-order valence-electron chi connectivity index (χ3n) is 4.80. The van der Waals surface area contributed by atoms with Crippen LogP contribution in [0.15, 0.2) is 71.6 Å². The highest BCUT2D eigenvalue weighted by molar-refractivity contribution is 7.92. The first-order valence-corrected chi connectivity index (χ1v) is 11.7. The van der Waals surface area contributed by atoms with Gasteiger partial charge in [-0.05, 0) is 60.7 Å². The molecule has 11 heteroatoms. The monoisotopic (exact) mass is 498 g/mol. The number of carbonyl (C=O) groups excluding carboxylic acids is 1. The van der Waals surface area contributed by atoms with Crippen LogP contribution in [0.2, 0.25) is 5.02 Å². The number of methoxy groups -OCH3 is 2. The van der Waals surface area contributed by atoms with E-state index in [-0.39, 0.29) is 16.5 Å². The largest absolute Gasteiger partial charge is 0.497 e. The number of anilines is 3. The number of halogens is 1. The summed E-state index contributed by atoms with van der Waals surface area (Å²) in [6.45, 7) is 0. The van der Waals surface area contributed by atoms with Crippen LogP contribution in [-0.4, -0.2) is 38.6 Å². The number of ether oxygens (including phenoxy) is 2. The Balaban J connectivity index is 1.75. The van der Waals surface area contributed by atoms with Crippen LogP contribution in [-0.2, 0) is 14.8 Å². The molecule has 0 bridgehead atoms. The number of benzene rings is 3. The summed E-state index contributed by atoms with van der Waals surface area (Å²) in [6.07, 6.45) is 0. The molecule has 34 heavy (non-hydrogen) atoms. The molecular weight excluding hydrogens is 480 g/mol. The number of sulfonamides is 1. The highest BCUT2D eigenvalue weighted by atomic mass is 35.5. The van der Waals surface area contributed by atoms with Gasteiger partial charge in [-0.15, -0.1) is 0 Å². The first-order valence-electron chi connectivity index (χ1n) is 9.88. The van der Waals surface area contributed by atoms with E-state index in [0.717, 1.165) is 0 Å². The molecule has 0 saturated heterocycles. The van der Waals surface area contributed by atoms with E-state index in [1.807, 2.05) is 0 Å². The Kier molecular flexibility index (Phi) is 6.53. The third-order valence-corrected chi connectivity index (χ3v) is 6.40. The quantitative estimate of drug-likeness (QED) is 0.354. The van der Waals surface area contributed by atoms with Crippen LogP contribution in [0.25, 0.3) is 11.0 Å². The zero-order chi connectivity index (χ0) is 24.3. The van der Waals surface area contributed by atoms with E-state index in [4.69, 9.17) is 21.1 Å². The van der Waals surface area contributed by atoms with E-state index in [2.05, 4.69) is 20.0 Å². The summed E-state index contributed by atoms with van der Waals surface area (Å²) in [6, 6.07) is 17.2. The number of carbonyl (C=O) groups is 1. The lowest BCUT2D eigenvalue weighted by Gasteiger charge is -2.14. The topological polar surface area (TPSA) is 120 Å². The van der Waals surface area contributed by atoms with E-state index < -0.39 is 16.0 Å². The van der Waals surface area contributed by atoms with Gasteiger partial charge in [0.15, 0.2) is 11.6 Å². The highest BCUT2D eigenvalue weighted by Gasteiger charge is 2.19. The molecule has 0 amide bonds. The van der Waals surface area contributed by atoms with Gasteiger partial charge >= 0.3 is 5.97 Å². The minimum atomic E-state index is -3.98. The standard InChI is InChI=1S/C23H19ClN4O5S/c1-32-17-9-12-19-20(13-17)27-21(25-16-7-3-14(4-8-16)23(29)33-2)22(26-19)28-34(30,31)18-10-5-15(24)6-11-18/h3-13H,1-2H3,(H,25,27)(H,26,28).